The molecule has 0 unspecified atom stereocenters. The quantitative estimate of drug-likeness (QED) is 0.696. The largest absolute Gasteiger partial charge is 0.392 e. The maximum Gasteiger partial charge on any atom is 0.0853 e. The van der Waals surface area contributed by atoms with Gasteiger partial charge in [0.05, 0.1) is 18.9 Å². The lowest BCUT2D eigenvalue weighted by atomic mass is 10.2. The van der Waals surface area contributed by atoms with Crippen LogP contribution in [-0.4, -0.2) is 15.2 Å². The summed E-state index contributed by atoms with van der Waals surface area (Å²) in [7, 11) is 0. The van der Waals surface area contributed by atoms with Gasteiger partial charge in [-0.2, -0.15) is 0 Å². The zero-order valence-corrected chi connectivity index (χ0v) is 7.49. The van der Waals surface area contributed by atoms with Crippen molar-refractivity contribution >= 4 is 0 Å². The standard InChI is InChI=1S/C7H9NO2.C2H6/c9-4-6-1-2-8-7(3-6)5-10;1-2/h1-3,9-10H,4-5H2;1-2H3. The highest BCUT2D eigenvalue weighted by Crippen LogP contribution is 2.00. The minimum Gasteiger partial charge on any atom is -0.392 e. The molecule has 0 bridgehead atoms. The van der Waals surface area contributed by atoms with E-state index in [-0.39, 0.29) is 13.2 Å². The highest BCUT2D eigenvalue weighted by atomic mass is 16.3. The number of pyridine rings is 1. The first kappa shape index (κ1) is 11.1. The molecule has 1 rings (SSSR count). The zero-order valence-electron chi connectivity index (χ0n) is 7.49. The summed E-state index contributed by atoms with van der Waals surface area (Å²) in [5, 5.41) is 17.3. The van der Waals surface area contributed by atoms with E-state index in [1.807, 2.05) is 13.8 Å². The molecule has 0 radical (unpaired) electrons. The van der Waals surface area contributed by atoms with Crippen molar-refractivity contribution in [3.63, 3.8) is 0 Å². The fraction of sp³-hybridized carbons (Fsp3) is 0.444. The van der Waals surface area contributed by atoms with E-state index in [1.165, 1.54) is 0 Å². The molecule has 0 fully saturated rings. The number of hydrogen-bond donors (Lipinski definition) is 2. The van der Waals surface area contributed by atoms with Crippen molar-refractivity contribution in [2.75, 3.05) is 0 Å². The first-order chi connectivity index (χ1) is 5.86. The summed E-state index contributed by atoms with van der Waals surface area (Å²) in [5.74, 6) is 0. The summed E-state index contributed by atoms with van der Waals surface area (Å²) in [6, 6.07) is 3.37. The van der Waals surface area contributed by atoms with Crippen LogP contribution in [0.2, 0.25) is 0 Å². The number of rotatable bonds is 2. The summed E-state index contributed by atoms with van der Waals surface area (Å²) in [6.45, 7) is 3.92. The molecule has 1 aromatic heterocycles. The molecule has 3 heteroatoms. The average molecular weight is 169 g/mol. The monoisotopic (exact) mass is 169 g/mol. The van der Waals surface area contributed by atoms with Crippen LogP contribution in [0.1, 0.15) is 25.1 Å². The minimum atomic E-state index is -0.0756. The Morgan fingerprint density at radius 2 is 1.92 bits per heavy atom. The van der Waals surface area contributed by atoms with Crippen LogP contribution >= 0.6 is 0 Å². The lowest BCUT2D eigenvalue weighted by Crippen LogP contribution is -1.91. The van der Waals surface area contributed by atoms with Gasteiger partial charge in [-0.15, -0.1) is 0 Å². The SMILES string of the molecule is CC.OCc1ccnc(CO)c1. The Hall–Kier alpha value is -0.930. The lowest BCUT2D eigenvalue weighted by molar-refractivity contribution is 0.271. The van der Waals surface area contributed by atoms with Crippen molar-refractivity contribution in [1.29, 1.82) is 0 Å². The summed E-state index contributed by atoms with van der Waals surface area (Å²) >= 11 is 0. The second kappa shape index (κ2) is 6.76. The molecule has 12 heavy (non-hydrogen) atoms. The van der Waals surface area contributed by atoms with Crippen LogP contribution in [0.5, 0.6) is 0 Å². The van der Waals surface area contributed by atoms with E-state index in [1.54, 1.807) is 18.3 Å². The average Bonchev–Trinajstić information content (AvgIpc) is 2.21. The Morgan fingerprint density at radius 3 is 2.42 bits per heavy atom. The number of hydrogen-bond acceptors (Lipinski definition) is 3. The first-order valence-electron chi connectivity index (χ1n) is 4.02. The Balaban J connectivity index is 0.000000561. The van der Waals surface area contributed by atoms with Crippen LogP contribution in [0.25, 0.3) is 0 Å². The molecule has 0 amide bonds. The van der Waals surface area contributed by atoms with Gasteiger partial charge >= 0.3 is 0 Å². The Morgan fingerprint density at radius 1 is 1.25 bits per heavy atom. The molecule has 2 N–H and O–H groups in total. The summed E-state index contributed by atoms with van der Waals surface area (Å²) in [4.78, 5) is 3.84. The van der Waals surface area contributed by atoms with Gasteiger partial charge in [-0.05, 0) is 17.7 Å². The molecule has 0 aliphatic rings. The van der Waals surface area contributed by atoms with E-state index in [2.05, 4.69) is 4.98 Å². The molecule has 0 saturated carbocycles. The Labute approximate surface area is 72.7 Å². The Kier molecular flexibility index (Phi) is 6.24. The second-order valence-corrected chi connectivity index (χ2v) is 1.97. The molecule has 0 aliphatic heterocycles. The summed E-state index contributed by atoms with van der Waals surface area (Å²) in [5.41, 5.74) is 1.37. The van der Waals surface area contributed by atoms with Gasteiger partial charge in [0.2, 0.25) is 0 Å². The summed E-state index contributed by atoms with van der Waals surface area (Å²) in [6.07, 6.45) is 1.57. The molecule has 0 aliphatic carbocycles. The molecule has 68 valence electrons. The number of aliphatic hydroxyl groups is 2. The molecule has 0 atom stereocenters. The fourth-order valence-corrected chi connectivity index (χ4v) is 0.713. The van der Waals surface area contributed by atoms with Crippen LogP contribution < -0.4 is 0 Å². The van der Waals surface area contributed by atoms with Crippen molar-refractivity contribution < 1.29 is 10.2 Å². The highest BCUT2D eigenvalue weighted by Gasteiger charge is 1.92. The van der Waals surface area contributed by atoms with Gasteiger partial charge in [-0.1, -0.05) is 13.8 Å². The second-order valence-electron chi connectivity index (χ2n) is 1.97. The van der Waals surface area contributed by atoms with Gasteiger partial charge in [0.25, 0.3) is 0 Å². The van der Waals surface area contributed by atoms with Crippen molar-refractivity contribution in [1.82, 2.24) is 4.98 Å². The van der Waals surface area contributed by atoms with Gasteiger partial charge in [-0.25, -0.2) is 0 Å². The maximum atomic E-state index is 8.65. The van der Waals surface area contributed by atoms with Gasteiger partial charge in [0.15, 0.2) is 0 Å². The van der Waals surface area contributed by atoms with Crippen LogP contribution in [-0.2, 0) is 13.2 Å². The molecular weight excluding hydrogens is 154 g/mol. The van der Waals surface area contributed by atoms with E-state index in [0.717, 1.165) is 5.56 Å². The number of aliphatic hydroxyl groups excluding tert-OH is 2. The normalized spacial score (nSPS) is 8.67. The van der Waals surface area contributed by atoms with Crippen molar-refractivity contribution in [2.24, 2.45) is 0 Å². The van der Waals surface area contributed by atoms with Gasteiger partial charge in [-0.3, -0.25) is 4.98 Å². The van der Waals surface area contributed by atoms with Gasteiger partial charge in [0, 0.05) is 6.20 Å². The van der Waals surface area contributed by atoms with E-state index in [9.17, 15) is 0 Å². The molecule has 1 aromatic rings. The first-order valence-corrected chi connectivity index (χ1v) is 4.02. The molecule has 0 aromatic carbocycles. The predicted molar refractivity (Wildman–Crippen MR) is 47.4 cm³/mol. The molecule has 1 heterocycles. The van der Waals surface area contributed by atoms with Crippen LogP contribution in [0.3, 0.4) is 0 Å². The van der Waals surface area contributed by atoms with Crippen molar-refractivity contribution in [3.05, 3.63) is 29.6 Å². The number of aromatic nitrogens is 1. The van der Waals surface area contributed by atoms with E-state index >= 15 is 0 Å². The third-order valence-corrected chi connectivity index (χ3v) is 1.23. The van der Waals surface area contributed by atoms with Crippen LogP contribution in [0.4, 0.5) is 0 Å². The maximum absolute atomic E-state index is 8.65. The molecule has 0 saturated heterocycles. The van der Waals surface area contributed by atoms with Crippen molar-refractivity contribution in [2.45, 2.75) is 27.1 Å². The minimum absolute atomic E-state index is 0.00444. The lowest BCUT2D eigenvalue weighted by Gasteiger charge is -1.96. The molecular formula is C9H15NO2. The van der Waals surface area contributed by atoms with Gasteiger partial charge < -0.3 is 10.2 Å². The summed E-state index contributed by atoms with van der Waals surface area (Å²) < 4.78 is 0. The van der Waals surface area contributed by atoms with Crippen LogP contribution in [0.15, 0.2) is 18.3 Å². The third-order valence-electron chi connectivity index (χ3n) is 1.23. The predicted octanol–water partition coefficient (Wildman–Crippen LogP) is 1.09. The van der Waals surface area contributed by atoms with Crippen molar-refractivity contribution in [3.8, 4) is 0 Å². The fourth-order valence-electron chi connectivity index (χ4n) is 0.713. The van der Waals surface area contributed by atoms with E-state index < -0.39 is 0 Å². The smallest absolute Gasteiger partial charge is 0.0853 e. The molecule has 3 nitrogen and oxygen atoms in total. The third kappa shape index (κ3) is 3.46. The van der Waals surface area contributed by atoms with E-state index in [0.29, 0.717) is 5.69 Å². The van der Waals surface area contributed by atoms with Crippen LogP contribution in [0, 0.1) is 0 Å². The highest BCUT2D eigenvalue weighted by molar-refractivity contribution is 5.14. The van der Waals surface area contributed by atoms with E-state index in [4.69, 9.17) is 10.2 Å². The topological polar surface area (TPSA) is 53.4 Å². The number of nitrogens with zero attached hydrogens (tertiary/aromatic N) is 1. The zero-order chi connectivity index (χ0) is 9.40. The molecule has 0 spiro atoms. The van der Waals surface area contributed by atoms with Gasteiger partial charge in [0.1, 0.15) is 0 Å². The Bertz CT molecular complexity index is 194.